The number of carbonyl (C=O) groups is 2. The van der Waals surface area contributed by atoms with Crippen LogP contribution in [-0.4, -0.2) is 24.0 Å². The Labute approximate surface area is 154 Å². The summed E-state index contributed by atoms with van der Waals surface area (Å²) in [6, 6.07) is 12.7. The van der Waals surface area contributed by atoms with E-state index in [1.165, 1.54) is 0 Å². The highest BCUT2D eigenvalue weighted by atomic mass is 16.5. The fourth-order valence-corrected chi connectivity index (χ4v) is 2.54. The van der Waals surface area contributed by atoms with Crippen LogP contribution in [0, 0.1) is 13.8 Å². The molecular weight excluding hydrogens is 328 g/mol. The summed E-state index contributed by atoms with van der Waals surface area (Å²) in [4.78, 5) is 24.8. The van der Waals surface area contributed by atoms with Gasteiger partial charge in [-0.25, -0.2) is 0 Å². The third kappa shape index (κ3) is 5.09. The van der Waals surface area contributed by atoms with Crippen LogP contribution in [0.2, 0.25) is 0 Å². The molecule has 138 valence electrons. The number of rotatable bonds is 6. The van der Waals surface area contributed by atoms with Gasteiger partial charge in [-0.05, 0) is 58.4 Å². The molecule has 0 aliphatic carbocycles. The van der Waals surface area contributed by atoms with Crippen LogP contribution in [0.5, 0.6) is 5.75 Å². The van der Waals surface area contributed by atoms with Crippen LogP contribution in [0.3, 0.4) is 0 Å². The topological polar surface area (TPSA) is 67.4 Å². The van der Waals surface area contributed by atoms with Crippen LogP contribution in [0.4, 0.5) is 5.69 Å². The number of ether oxygens (including phenoxy) is 1. The Balaban J connectivity index is 2.10. The van der Waals surface area contributed by atoms with Crippen molar-refractivity contribution in [3.63, 3.8) is 0 Å². The molecule has 0 radical (unpaired) electrons. The third-order valence-electron chi connectivity index (χ3n) is 3.85. The second-order valence-electron chi connectivity index (χ2n) is 6.69. The lowest BCUT2D eigenvalue weighted by atomic mass is 10.1. The van der Waals surface area contributed by atoms with E-state index < -0.39 is 6.10 Å². The maximum absolute atomic E-state index is 12.5. The number of hydrogen-bond acceptors (Lipinski definition) is 3. The lowest BCUT2D eigenvalue weighted by Gasteiger charge is -2.18. The Kier molecular flexibility index (Phi) is 6.39. The zero-order valence-corrected chi connectivity index (χ0v) is 15.9. The number of hydrogen-bond donors (Lipinski definition) is 2. The largest absolute Gasteiger partial charge is 0.481 e. The van der Waals surface area contributed by atoms with E-state index in [9.17, 15) is 9.59 Å². The van der Waals surface area contributed by atoms with Gasteiger partial charge in [0.05, 0.1) is 11.3 Å². The first kappa shape index (κ1) is 19.5. The number of aryl methyl sites for hydroxylation is 2. The lowest BCUT2D eigenvalue weighted by Crippen LogP contribution is -2.33. The first-order valence-corrected chi connectivity index (χ1v) is 8.72. The summed E-state index contributed by atoms with van der Waals surface area (Å²) < 4.78 is 5.79. The summed E-state index contributed by atoms with van der Waals surface area (Å²) in [6.45, 7) is 9.41. The molecule has 2 N–H and O–H groups in total. The summed E-state index contributed by atoms with van der Waals surface area (Å²) in [6.07, 6.45) is -0.697. The number of nitrogens with one attached hydrogen (secondary N) is 2. The van der Waals surface area contributed by atoms with E-state index in [2.05, 4.69) is 10.6 Å². The molecule has 5 nitrogen and oxygen atoms in total. The van der Waals surface area contributed by atoms with Gasteiger partial charge in [0, 0.05) is 6.04 Å². The second kappa shape index (κ2) is 8.52. The Morgan fingerprint density at radius 2 is 1.69 bits per heavy atom. The van der Waals surface area contributed by atoms with E-state index in [0.717, 1.165) is 11.1 Å². The van der Waals surface area contributed by atoms with Crippen molar-refractivity contribution >= 4 is 17.5 Å². The van der Waals surface area contributed by atoms with E-state index >= 15 is 0 Å². The highest BCUT2D eigenvalue weighted by molar-refractivity contribution is 6.04. The summed E-state index contributed by atoms with van der Waals surface area (Å²) in [7, 11) is 0. The third-order valence-corrected chi connectivity index (χ3v) is 3.85. The molecule has 0 heterocycles. The molecule has 2 aromatic carbocycles. The predicted octanol–water partition coefficient (Wildman–Crippen LogP) is 3.85. The van der Waals surface area contributed by atoms with Crippen molar-refractivity contribution < 1.29 is 14.3 Å². The van der Waals surface area contributed by atoms with Crippen LogP contribution in [-0.2, 0) is 4.79 Å². The van der Waals surface area contributed by atoms with Crippen LogP contribution in [0.25, 0.3) is 0 Å². The molecule has 0 aliphatic rings. The lowest BCUT2D eigenvalue weighted by molar-refractivity contribution is -0.122. The van der Waals surface area contributed by atoms with Crippen molar-refractivity contribution in [3.05, 3.63) is 59.2 Å². The summed E-state index contributed by atoms with van der Waals surface area (Å²) >= 11 is 0. The van der Waals surface area contributed by atoms with E-state index in [4.69, 9.17) is 4.74 Å². The summed E-state index contributed by atoms with van der Waals surface area (Å²) in [5, 5.41) is 5.62. The number of carbonyl (C=O) groups excluding carboxylic acids is 2. The molecule has 26 heavy (non-hydrogen) atoms. The predicted molar refractivity (Wildman–Crippen MR) is 104 cm³/mol. The van der Waals surface area contributed by atoms with Crippen molar-refractivity contribution in [2.75, 3.05) is 5.32 Å². The molecule has 0 unspecified atom stereocenters. The molecule has 0 fully saturated rings. The molecule has 0 aromatic heterocycles. The van der Waals surface area contributed by atoms with Crippen LogP contribution in [0.1, 0.15) is 42.3 Å². The number of amides is 2. The first-order chi connectivity index (χ1) is 12.3. The number of anilines is 1. The summed E-state index contributed by atoms with van der Waals surface area (Å²) in [5.41, 5.74) is 3.00. The van der Waals surface area contributed by atoms with E-state index in [0.29, 0.717) is 17.0 Å². The Hall–Kier alpha value is -2.82. The van der Waals surface area contributed by atoms with Crippen molar-refractivity contribution in [2.24, 2.45) is 0 Å². The van der Waals surface area contributed by atoms with Crippen LogP contribution in [0.15, 0.2) is 42.5 Å². The fraction of sp³-hybridized carbons (Fsp3) is 0.333. The molecule has 0 saturated heterocycles. The average molecular weight is 354 g/mol. The van der Waals surface area contributed by atoms with Gasteiger partial charge in [-0.1, -0.05) is 29.8 Å². The minimum atomic E-state index is -0.697. The zero-order chi connectivity index (χ0) is 19.3. The number of benzene rings is 2. The van der Waals surface area contributed by atoms with Gasteiger partial charge in [-0.2, -0.15) is 0 Å². The van der Waals surface area contributed by atoms with Gasteiger partial charge in [0.25, 0.3) is 11.8 Å². The Morgan fingerprint density at radius 1 is 1.00 bits per heavy atom. The highest BCUT2D eigenvalue weighted by Gasteiger charge is 2.19. The molecule has 0 bridgehead atoms. The quantitative estimate of drug-likeness (QED) is 0.828. The molecular formula is C21H26N2O3. The molecule has 2 aromatic rings. The van der Waals surface area contributed by atoms with Gasteiger partial charge in [0.15, 0.2) is 6.10 Å². The minimum absolute atomic E-state index is 0.0121. The van der Waals surface area contributed by atoms with Gasteiger partial charge >= 0.3 is 0 Å². The van der Waals surface area contributed by atoms with Crippen LogP contribution < -0.4 is 15.4 Å². The standard InChI is InChI=1S/C21H26N2O3/c1-13(2)22-21(25)17-8-6-7-9-18(17)23-20(24)16(5)26-19-11-10-14(3)12-15(19)4/h6-13,16H,1-5H3,(H,22,25)(H,23,24)/t16-/m0/s1. The molecule has 0 saturated carbocycles. The maximum atomic E-state index is 12.5. The Morgan fingerprint density at radius 3 is 2.35 bits per heavy atom. The van der Waals surface area contributed by atoms with E-state index in [1.807, 2.05) is 45.9 Å². The van der Waals surface area contributed by atoms with Crippen molar-refractivity contribution in [1.29, 1.82) is 0 Å². The fourth-order valence-electron chi connectivity index (χ4n) is 2.54. The van der Waals surface area contributed by atoms with Gasteiger partial charge in [0.1, 0.15) is 5.75 Å². The zero-order valence-electron chi connectivity index (χ0n) is 15.9. The first-order valence-electron chi connectivity index (χ1n) is 8.72. The molecule has 0 aliphatic heterocycles. The monoisotopic (exact) mass is 354 g/mol. The van der Waals surface area contributed by atoms with Gasteiger partial charge in [-0.15, -0.1) is 0 Å². The normalized spacial score (nSPS) is 11.8. The van der Waals surface area contributed by atoms with Gasteiger partial charge in [0.2, 0.25) is 0 Å². The maximum Gasteiger partial charge on any atom is 0.265 e. The summed E-state index contributed by atoms with van der Waals surface area (Å²) in [5.74, 6) is 0.137. The highest BCUT2D eigenvalue weighted by Crippen LogP contribution is 2.21. The molecule has 5 heteroatoms. The molecule has 0 spiro atoms. The molecule has 2 rings (SSSR count). The van der Waals surface area contributed by atoms with E-state index in [-0.39, 0.29) is 17.9 Å². The number of para-hydroxylation sites is 1. The second-order valence-corrected chi connectivity index (χ2v) is 6.69. The molecule has 2 amide bonds. The van der Waals surface area contributed by atoms with Crippen LogP contribution >= 0.6 is 0 Å². The minimum Gasteiger partial charge on any atom is -0.481 e. The van der Waals surface area contributed by atoms with Gasteiger partial charge in [-0.3, -0.25) is 9.59 Å². The smallest absolute Gasteiger partial charge is 0.265 e. The van der Waals surface area contributed by atoms with Crippen molar-refractivity contribution in [2.45, 2.75) is 46.8 Å². The SMILES string of the molecule is Cc1ccc(O[C@@H](C)C(=O)Nc2ccccc2C(=O)NC(C)C)c(C)c1. The Bertz CT molecular complexity index is 800. The van der Waals surface area contributed by atoms with Crippen molar-refractivity contribution in [3.8, 4) is 5.75 Å². The molecule has 1 atom stereocenters. The van der Waals surface area contributed by atoms with E-state index in [1.54, 1.807) is 31.2 Å². The van der Waals surface area contributed by atoms with Crippen molar-refractivity contribution in [1.82, 2.24) is 5.32 Å². The average Bonchev–Trinajstić information content (AvgIpc) is 2.57. The van der Waals surface area contributed by atoms with Gasteiger partial charge < -0.3 is 15.4 Å².